The van der Waals surface area contributed by atoms with E-state index in [1.165, 1.54) is 12.0 Å². The summed E-state index contributed by atoms with van der Waals surface area (Å²) in [6.07, 6.45) is 2.98. The molecule has 0 aliphatic carbocycles. The van der Waals surface area contributed by atoms with E-state index in [2.05, 4.69) is 23.6 Å². The Labute approximate surface area is 85.9 Å². The Morgan fingerprint density at radius 1 is 1.29 bits per heavy atom. The molecule has 0 saturated carbocycles. The van der Waals surface area contributed by atoms with E-state index in [4.69, 9.17) is 4.42 Å². The average Bonchev–Trinajstić information content (AvgIpc) is 2.58. The number of nitrogens with one attached hydrogen (secondary N) is 2. The number of aryl methyl sites for hydroxylation is 1. The van der Waals surface area contributed by atoms with Gasteiger partial charge in [-0.3, -0.25) is 0 Å². The second kappa shape index (κ2) is 6.62. The van der Waals surface area contributed by atoms with E-state index in [0.29, 0.717) is 0 Å². The monoisotopic (exact) mass is 196 g/mol. The largest absolute Gasteiger partial charge is 0.469 e. The fraction of sp³-hybridized carbons (Fsp3) is 0.636. The fourth-order valence-electron chi connectivity index (χ4n) is 1.34. The first-order valence-electron chi connectivity index (χ1n) is 5.28. The molecule has 1 aromatic rings. The third-order valence-corrected chi connectivity index (χ3v) is 2.07. The Morgan fingerprint density at radius 2 is 2.07 bits per heavy atom. The van der Waals surface area contributed by atoms with E-state index >= 15 is 0 Å². The molecule has 0 aromatic carbocycles. The van der Waals surface area contributed by atoms with E-state index in [9.17, 15) is 0 Å². The molecule has 1 aromatic heterocycles. The summed E-state index contributed by atoms with van der Waals surface area (Å²) < 4.78 is 5.21. The predicted octanol–water partition coefficient (Wildman–Crippen LogP) is 1.68. The van der Waals surface area contributed by atoms with Crippen molar-refractivity contribution in [1.82, 2.24) is 10.6 Å². The zero-order valence-electron chi connectivity index (χ0n) is 9.10. The molecule has 0 saturated heterocycles. The number of hydrogen-bond donors (Lipinski definition) is 2. The lowest BCUT2D eigenvalue weighted by Gasteiger charge is -2.02. The summed E-state index contributed by atoms with van der Waals surface area (Å²) in [5.41, 5.74) is 1.23. The van der Waals surface area contributed by atoms with Crippen LogP contribution in [0.5, 0.6) is 0 Å². The van der Waals surface area contributed by atoms with Crippen LogP contribution in [0.2, 0.25) is 0 Å². The predicted molar refractivity (Wildman–Crippen MR) is 58.3 cm³/mol. The lowest BCUT2D eigenvalue weighted by molar-refractivity contribution is 0.529. The molecule has 0 bridgehead atoms. The molecule has 80 valence electrons. The van der Waals surface area contributed by atoms with Crippen LogP contribution in [0.25, 0.3) is 0 Å². The van der Waals surface area contributed by atoms with Crippen LogP contribution in [0.15, 0.2) is 16.7 Å². The normalized spacial score (nSPS) is 10.7. The van der Waals surface area contributed by atoms with Crippen LogP contribution in [0, 0.1) is 6.92 Å². The lowest BCUT2D eigenvalue weighted by atomic mass is 10.3. The van der Waals surface area contributed by atoms with Gasteiger partial charge in [0.15, 0.2) is 0 Å². The van der Waals surface area contributed by atoms with Crippen molar-refractivity contribution in [3.63, 3.8) is 0 Å². The maximum atomic E-state index is 5.21. The minimum absolute atomic E-state index is 0.906. The van der Waals surface area contributed by atoms with Gasteiger partial charge in [0.05, 0.1) is 6.26 Å². The van der Waals surface area contributed by atoms with Crippen molar-refractivity contribution in [1.29, 1.82) is 0 Å². The molecule has 1 rings (SSSR count). The van der Waals surface area contributed by atoms with Crippen molar-refractivity contribution >= 4 is 0 Å². The molecule has 2 N–H and O–H groups in total. The fourth-order valence-corrected chi connectivity index (χ4v) is 1.34. The van der Waals surface area contributed by atoms with Crippen LogP contribution < -0.4 is 10.6 Å². The molecule has 0 atom stereocenters. The Balaban J connectivity index is 1.99. The highest BCUT2D eigenvalue weighted by Crippen LogP contribution is 2.04. The highest BCUT2D eigenvalue weighted by Gasteiger charge is 1.96. The van der Waals surface area contributed by atoms with Gasteiger partial charge in [0.25, 0.3) is 0 Å². The summed E-state index contributed by atoms with van der Waals surface area (Å²) in [4.78, 5) is 0. The molecule has 1 heterocycles. The highest BCUT2D eigenvalue weighted by molar-refractivity contribution is 5.10. The summed E-state index contributed by atoms with van der Waals surface area (Å²) in [6, 6.07) is 2.07. The van der Waals surface area contributed by atoms with Gasteiger partial charge in [-0.15, -0.1) is 0 Å². The summed E-state index contributed by atoms with van der Waals surface area (Å²) >= 11 is 0. The lowest BCUT2D eigenvalue weighted by Crippen LogP contribution is -2.21. The average molecular weight is 196 g/mol. The van der Waals surface area contributed by atoms with Gasteiger partial charge in [0, 0.05) is 12.1 Å². The first-order chi connectivity index (χ1) is 6.83. The smallest absolute Gasteiger partial charge is 0.101 e. The minimum Gasteiger partial charge on any atom is -0.469 e. The van der Waals surface area contributed by atoms with Gasteiger partial charge in [-0.1, -0.05) is 6.92 Å². The van der Waals surface area contributed by atoms with Crippen molar-refractivity contribution in [2.24, 2.45) is 0 Å². The second-order valence-corrected chi connectivity index (χ2v) is 3.45. The van der Waals surface area contributed by atoms with Crippen molar-refractivity contribution in [2.75, 3.05) is 19.6 Å². The molecule has 0 radical (unpaired) electrons. The van der Waals surface area contributed by atoms with Crippen molar-refractivity contribution in [2.45, 2.75) is 26.8 Å². The van der Waals surface area contributed by atoms with Crippen molar-refractivity contribution < 1.29 is 4.42 Å². The standard InChI is InChI=1S/C11H20N2O/c1-3-12-5-4-6-13-8-11-7-10(2)14-9-11/h7,9,12-13H,3-6,8H2,1-2H3. The number of rotatable bonds is 7. The van der Waals surface area contributed by atoms with Crippen LogP contribution in [-0.2, 0) is 6.54 Å². The van der Waals surface area contributed by atoms with Gasteiger partial charge in [0.1, 0.15) is 5.76 Å². The molecule has 14 heavy (non-hydrogen) atoms. The maximum absolute atomic E-state index is 5.21. The van der Waals surface area contributed by atoms with E-state index < -0.39 is 0 Å². The first kappa shape index (κ1) is 11.3. The Kier molecular flexibility index (Phi) is 5.33. The van der Waals surface area contributed by atoms with E-state index in [1.54, 1.807) is 0 Å². The Hall–Kier alpha value is -0.800. The van der Waals surface area contributed by atoms with Gasteiger partial charge in [-0.25, -0.2) is 0 Å². The molecule has 0 spiro atoms. The molecule has 0 fully saturated rings. The summed E-state index contributed by atoms with van der Waals surface area (Å²) in [5, 5.41) is 6.67. The zero-order chi connectivity index (χ0) is 10.2. The zero-order valence-corrected chi connectivity index (χ0v) is 9.10. The van der Waals surface area contributed by atoms with Gasteiger partial charge in [0.2, 0.25) is 0 Å². The topological polar surface area (TPSA) is 37.2 Å². The van der Waals surface area contributed by atoms with Crippen LogP contribution in [0.1, 0.15) is 24.7 Å². The molecular formula is C11H20N2O. The van der Waals surface area contributed by atoms with Gasteiger partial charge >= 0.3 is 0 Å². The molecule has 3 heteroatoms. The summed E-state index contributed by atoms with van der Waals surface area (Å²) in [5.74, 6) is 0.981. The van der Waals surface area contributed by atoms with Gasteiger partial charge < -0.3 is 15.1 Å². The molecule has 0 unspecified atom stereocenters. The quantitative estimate of drug-likeness (QED) is 0.651. The van der Waals surface area contributed by atoms with Crippen LogP contribution in [0.4, 0.5) is 0 Å². The molecule has 0 amide bonds. The van der Waals surface area contributed by atoms with Gasteiger partial charge in [-0.2, -0.15) is 0 Å². The van der Waals surface area contributed by atoms with E-state index in [0.717, 1.165) is 31.9 Å². The first-order valence-corrected chi connectivity index (χ1v) is 5.28. The number of furan rings is 1. The molecule has 3 nitrogen and oxygen atoms in total. The third kappa shape index (κ3) is 4.44. The van der Waals surface area contributed by atoms with E-state index in [-0.39, 0.29) is 0 Å². The maximum Gasteiger partial charge on any atom is 0.101 e. The van der Waals surface area contributed by atoms with Crippen molar-refractivity contribution in [3.8, 4) is 0 Å². The van der Waals surface area contributed by atoms with Crippen LogP contribution in [0.3, 0.4) is 0 Å². The molecule has 0 aliphatic heterocycles. The van der Waals surface area contributed by atoms with E-state index in [1.807, 2.05) is 13.2 Å². The van der Waals surface area contributed by atoms with Crippen molar-refractivity contribution in [3.05, 3.63) is 23.7 Å². The SMILES string of the molecule is CCNCCCNCc1coc(C)c1. The highest BCUT2D eigenvalue weighted by atomic mass is 16.3. The second-order valence-electron chi connectivity index (χ2n) is 3.45. The Bertz CT molecular complexity index is 245. The molecular weight excluding hydrogens is 176 g/mol. The third-order valence-electron chi connectivity index (χ3n) is 2.07. The van der Waals surface area contributed by atoms with Crippen LogP contribution >= 0.6 is 0 Å². The summed E-state index contributed by atoms with van der Waals surface area (Å²) in [6.45, 7) is 8.20. The minimum atomic E-state index is 0.906. The Morgan fingerprint density at radius 3 is 2.71 bits per heavy atom. The summed E-state index contributed by atoms with van der Waals surface area (Å²) in [7, 11) is 0. The van der Waals surface area contributed by atoms with Gasteiger partial charge in [-0.05, 0) is 39.0 Å². The molecule has 0 aliphatic rings. The van der Waals surface area contributed by atoms with Crippen LogP contribution in [-0.4, -0.2) is 19.6 Å². The number of hydrogen-bond acceptors (Lipinski definition) is 3.